The van der Waals surface area contributed by atoms with Crippen LogP contribution in [0.3, 0.4) is 0 Å². The first-order valence-electron chi connectivity index (χ1n) is 19.2. The summed E-state index contributed by atoms with van der Waals surface area (Å²) < 4.78 is 16.1. The monoisotopic (exact) mass is 718 g/mol. The predicted molar refractivity (Wildman–Crippen MR) is 228 cm³/mol. The van der Waals surface area contributed by atoms with Crippen LogP contribution >= 0.6 is 0 Å². The zero-order chi connectivity index (χ0) is 37.4. The maximum Gasteiger partial charge on any atom is 0.208 e. The normalized spacial score (nSPS) is 18.6. The molecule has 2 heteroatoms. The Morgan fingerprint density at radius 1 is 0.250 bits per heavy atom. The Morgan fingerprint density at radius 3 is 0.857 bits per heavy atom. The second kappa shape index (κ2) is 13.9. The van der Waals surface area contributed by atoms with Crippen molar-refractivity contribution in [3.05, 3.63) is 275 Å². The Hall–Kier alpha value is -7.16. The van der Waals surface area contributed by atoms with E-state index < -0.39 is 11.2 Å². The van der Waals surface area contributed by atoms with E-state index in [4.69, 9.17) is 9.47 Å². The number of hydrogen-bond acceptors (Lipinski definition) is 2. The van der Waals surface area contributed by atoms with Gasteiger partial charge < -0.3 is 9.47 Å². The van der Waals surface area contributed by atoms with E-state index in [1.54, 1.807) is 0 Å². The van der Waals surface area contributed by atoms with Crippen LogP contribution in [-0.2, 0) is 11.2 Å². The van der Waals surface area contributed by atoms with Crippen molar-refractivity contribution in [3.8, 4) is 11.5 Å². The van der Waals surface area contributed by atoms with Gasteiger partial charge in [-0.15, -0.1) is 0 Å². The van der Waals surface area contributed by atoms with Crippen molar-refractivity contribution in [3.63, 3.8) is 0 Å². The molecular weight excluding hydrogens is 681 g/mol. The molecule has 0 N–H and O–H groups in total. The third-order valence-electron chi connectivity index (χ3n) is 11.1. The third-order valence-corrected chi connectivity index (χ3v) is 11.1. The molecule has 0 saturated heterocycles. The molecule has 266 valence electrons. The largest absolute Gasteiger partial charge is 0.472 e. The molecule has 0 fully saturated rings. The van der Waals surface area contributed by atoms with Gasteiger partial charge in [0.25, 0.3) is 0 Å². The van der Waals surface area contributed by atoms with Crippen molar-refractivity contribution in [2.24, 2.45) is 0 Å². The molecule has 8 aromatic carbocycles. The van der Waals surface area contributed by atoms with Crippen LogP contribution in [0.5, 0.6) is 11.5 Å². The fourth-order valence-electron chi connectivity index (χ4n) is 8.95. The van der Waals surface area contributed by atoms with E-state index in [0.29, 0.717) is 0 Å². The first-order chi connectivity index (χ1) is 27.8. The van der Waals surface area contributed by atoms with Crippen LogP contribution in [0.2, 0.25) is 0 Å². The molecule has 2 aliphatic rings. The average Bonchev–Trinajstić information content (AvgIpc) is 3.29. The fourth-order valence-corrected chi connectivity index (χ4v) is 8.95. The average molecular weight is 719 g/mol. The van der Waals surface area contributed by atoms with Crippen molar-refractivity contribution < 1.29 is 9.47 Å². The molecule has 0 aliphatic carbocycles. The lowest BCUT2D eigenvalue weighted by molar-refractivity contribution is -0.0550. The zero-order valence-corrected chi connectivity index (χ0v) is 30.8. The molecule has 56 heavy (non-hydrogen) atoms. The van der Waals surface area contributed by atoms with Crippen LogP contribution in [0.25, 0.3) is 22.3 Å². The highest BCUT2D eigenvalue weighted by atomic mass is 16.6. The van der Waals surface area contributed by atoms with Crippen molar-refractivity contribution in [2.45, 2.75) is 11.2 Å². The molecular formula is C54H38O2. The number of rotatable bonds is 7. The summed E-state index contributed by atoms with van der Waals surface area (Å²) in [5.74, 6) is 1.56. The number of fused-ring (bicyclic) bond motifs is 2. The fraction of sp³-hybridized carbons (Fsp3) is 0.0370. The minimum atomic E-state index is -1.34. The lowest BCUT2D eigenvalue weighted by Crippen LogP contribution is -2.60. The van der Waals surface area contributed by atoms with Crippen molar-refractivity contribution in [1.29, 1.82) is 0 Å². The van der Waals surface area contributed by atoms with Gasteiger partial charge in [0, 0.05) is 44.5 Å². The summed E-state index contributed by atoms with van der Waals surface area (Å²) >= 11 is 0. The summed E-state index contributed by atoms with van der Waals surface area (Å²) in [4.78, 5) is 0. The second-order valence-electron chi connectivity index (χ2n) is 14.3. The van der Waals surface area contributed by atoms with Crippen LogP contribution in [0, 0.1) is 0 Å². The molecule has 0 saturated carbocycles. The van der Waals surface area contributed by atoms with Gasteiger partial charge in [-0.25, -0.2) is 0 Å². The van der Waals surface area contributed by atoms with Gasteiger partial charge in [-0.2, -0.15) is 0 Å². The summed E-state index contributed by atoms with van der Waals surface area (Å²) in [6.07, 6.45) is 0. The SMILES string of the molecule is c1ccc(C2=C(c3ccccc3)C(c3ccccc3)(C3(c4ccccc4)Oc4ccccc4C(c4ccccc4)=C3c3ccccc3)Oc3ccccc32)cc1. The molecule has 2 aliphatic heterocycles. The lowest BCUT2D eigenvalue weighted by Gasteiger charge is -2.56. The highest BCUT2D eigenvalue weighted by Gasteiger charge is 2.66. The first-order valence-corrected chi connectivity index (χ1v) is 19.2. The van der Waals surface area contributed by atoms with Crippen molar-refractivity contribution in [2.75, 3.05) is 0 Å². The Balaban J connectivity index is 1.51. The molecule has 2 unspecified atom stereocenters. The van der Waals surface area contributed by atoms with E-state index in [1.165, 1.54) is 0 Å². The summed E-state index contributed by atoms with van der Waals surface area (Å²) in [5, 5.41) is 0. The van der Waals surface area contributed by atoms with Gasteiger partial charge in [0.15, 0.2) is 0 Å². The molecule has 0 amide bonds. The summed E-state index contributed by atoms with van der Waals surface area (Å²) in [6, 6.07) is 81.4. The Labute approximate surface area is 328 Å². The van der Waals surface area contributed by atoms with E-state index in [1.807, 2.05) is 0 Å². The maximum atomic E-state index is 8.06. The van der Waals surface area contributed by atoms with Crippen LogP contribution < -0.4 is 9.47 Å². The molecule has 10 rings (SSSR count). The minimum Gasteiger partial charge on any atom is -0.472 e. The standard InChI is InChI=1S/C54H38O2/c1-7-23-39(24-8-1)49-45-35-19-21-37-47(45)55-53(43-31-15-5-16-32-43,51(49)41-27-11-3-12-28-41)54(44-33-17-6-18-34-44)52(42-29-13-4-14-30-42)50(40-25-9-2-10-26-40)46-36-20-22-38-48(46)56-54/h1-38H. The van der Waals surface area contributed by atoms with Gasteiger partial charge in [0.1, 0.15) is 11.5 Å². The first kappa shape index (κ1) is 33.4. The predicted octanol–water partition coefficient (Wildman–Crippen LogP) is 12.9. The van der Waals surface area contributed by atoms with Crippen LogP contribution in [-0.4, -0.2) is 0 Å². The minimum absolute atomic E-state index is 0.779. The smallest absolute Gasteiger partial charge is 0.208 e. The van der Waals surface area contributed by atoms with Gasteiger partial charge in [-0.1, -0.05) is 218 Å². The molecule has 8 aromatic rings. The highest BCUT2D eigenvalue weighted by molar-refractivity contribution is 6.10. The van der Waals surface area contributed by atoms with E-state index >= 15 is 0 Å². The van der Waals surface area contributed by atoms with Crippen LogP contribution in [0.1, 0.15) is 44.5 Å². The van der Waals surface area contributed by atoms with Gasteiger partial charge in [-0.3, -0.25) is 0 Å². The highest BCUT2D eigenvalue weighted by Crippen LogP contribution is 2.67. The van der Waals surface area contributed by atoms with Gasteiger partial charge in [-0.05, 0) is 34.4 Å². The van der Waals surface area contributed by atoms with E-state index in [0.717, 1.165) is 78.3 Å². The molecule has 2 heterocycles. The van der Waals surface area contributed by atoms with E-state index in [2.05, 4.69) is 231 Å². The van der Waals surface area contributed by atoms with E-state index in [9.17, 15) is 0 Å². The van der Waals surface area contributed by atoms with E-state index in [-0.39, 0.29) is 0 Å². The Kier molecular flexibility index (Phi) is 8.30. The molecule has 0 spiro atoms. The molecule has 0 bridgehead atoms. The van der Waals surface area contributed by atoms with Gasteiger partial charge in [0.2, 0.25) is 11.2 Å². The molecule has 0 aromatic heterocycles. The van der Waals surface area contributed by atoms with Crippen molar-refractivity contribution in [1.82, 2.24) is 0 Å². The van der Waals surface area contributed by atoms with Gasteiger partial charge >= 0.3 is 0 Å². The van der Waals surface area contributed by atoms with Crippen LogP contribution in [0.4, 0.5) is 0 Å². The third kappa shape index (κ3) is 5.18. The number of benzene rings is 8. The number of ether oxygens (including phenoxy) is 2. The molecule has 0 radical (unpaired) electrons. The van der Waals surface area contributed by atoms with Crippen LogP contribution in [0.15, 0.2) is 231 Å². The summed E-state index contributed by atoms with van der Waals surface area (Å²) in [5.41, 5.74) is 9.77. The lowest BCUT2D eigenvalue weighted by atomic mass is 9.58. The Morgan fingerprint density at radius 2 is 0.518 bits per heavy atom. The summed E-state index contributed by atoms with van der Waals surface area (Å²) in [7, 11) is 0. The maximum absolute atomic E-state index is 8.06. The second-order valence-corrected chi connectivity index (χ2v) is 14.3. The topological polar surface area (TPSA) is 18.5 Å². The molecule has 2 nitrogen and oxygen atoms in total. The summed E-state index contributed by atoms with van der Waals surface area (Å²) in [6.45, 7) is 0. The quantitative estimate of drug-likeness (QED) is 0.163. The Bertz CT molecular complexity index is 2510. The molecule has 2 atom stereocenters. The van der Waals surface area contributed by atoms with Gasteiger partial charge in [0.05, 0.1) is 0 Å². The zero-order valence-electron chi connectivity index (χ0n) is 30.8. The number of hydrogen-bond donors (Lipinski definition) is 0. The van der Waals surface area contributed by atoms with Crippen molar-refractivity contribution >= 4 is 22.3 Å². The number of para-hydroxylation sites is 2.